The van der Waals surface area contributed by atoms with E-state index < -0.39 is 0 Å². The molecule has 0 aromatic heterocycles. The number of carbonyl (C=O) groups excluding carboxylic acids is 2. The van der Waals surface area contributed by atoms with E-state index in [4.69, 9.17) is 0 Å². The summed E-state index contributed by atoms with van der Waals surface area (Å²) in [5, 5.41) is 0. The molecule has 3 aliphatic carbocycles. The molecule has 0 N–H and O–H groups in total. The molecule has 5 rings (SSSR count). The number of ketones is 2. The lowest BCUT2D eigenvalue weighted by Crippen LogP contribution is -2.27. The van der Waals surface area contributed by atoms with E-state index in [1.807, 2.05) is 12.1 Å². The zero-order valence-electron chi connectivity index (χ0n) is 13.8. The lowest BCUT2D eigenvalue weighted by Gasteiger charge is -2.28. The molecule has 0 unspecified atom stereocenters. The normalized spacial score (nSPS) is 18.5. The largest absolute Gasteiger partial charge is 0.289 e. The van der Waals surface area contributed by atoms with E-state index in [9.17, 15) is 9.59 Å². The van der Waals surface area contributed by atoms with Gasteiger partial charge in [-0.25, -0.2) is 0 Å². The standard InChI is InChI=1S/C22H20O2/c23-21-17-11-9-13-5-1-3-7-15(13)19(17)22(24)20-16-8-4-2-6-14(16)10-12-18(20)21/h9-12H,1-8H2. The van der Waals surface area contributed by atoms with E-state index in [0.717, 1.165) is 60.8 Å². The van der Waals surface area contributed by atoms with Gasteiger partial charge in [0.15, 0.2) is 11.6 Å². The summed E-state index contributed by atoms with van der Waals surface area (Å²) in [6.45, 7) is 0. The number of carbonyl (C=O) groups is 2. The monoisotopic (exact) mass is 316 g/mol. The van der Waals surface area contributed by atoms with Crippen LogP contribution in [0, 0.1) is 0 Å². The molecule has 2 heteroatoms. The van der Waals surface area contributed by atoms with Crippen LogP contribution in [0.1, 0.15) is 79.8 Å². The molecule has 120 valence electrons. The SMILES string of the molecule is O=C1c2ccc3c(c2C(=O)c2c1ccc1c2CCCC1)CCCC3. The molecule has 0 bridgehead atoms. The summed E-state index contributed by atoms with van der Waals surface area (Å²) in [6, 6.07) is 7.92. The Labute approximate surface area is 141 Å². The van der Waals surface area contributed by atoms with Crippen LogP contribution in [-0.2, 0) is 25.7 Å². The quantitative estimate of drug-likeness (QED) is 0.622. The first-order valence-corrected chi connectivity index (χ1v) is 9.14. The molecule has 2 nitrogen and oxygen atoms in total. The van der Waals surface area contributed by atoms with Gasteiger partial charge in [-0.15, -0.1) is 0 Å². The van der Waals surface area contributed by atoms with Crippen molar-refractivity contribution in [2.75, 3.05) is 0 Å². The van der Waals surface area contributed by atoms with Gasteiger partial charge in [0.25, 0.3) is 0 Å². The molecular formula is C22H20O2. The van der Waals surface area contributed by atoms with Gasteiger partial charge < -0.3 is 0 Å². The van der Waals surface area contributed by atoms with Crippen LogP contribution in [0.5, 0.6) is 0 Å². The van der Waals surface area contributed by atoms with E-state index >= 15 is 0 Å². The first kappa shape index (κ1) is 14.2. The molecule has 0 radical (unpaired) electrons. The maximum atomic E-state index is 13.4. The Morgan fingerprint density at radius 2 is 1.00 bits per heavy atom. The summed E-state index contributed by atoms with van der Waals surface area (Å²) in [5.41, 5.74) is 7.55. The van der Waals surface area contributed by atoms with Crippen molar-refractivity contribution in [2.24, 2.45) is 0 Å². The van der Waals surface area contributed by atoms with E-state index in [1.165, 1.54) is 24.0 Å². The Bertz CT molecular complexity index is 833. The highest BCUT2D eigenvalue weighted by atomic mass is 16.1. The van der Waals surface area contributed by atoms with Gasteiger partial charge in [-0.3, -0.25) is 9.59 Å². The minimum atomic E-state index is 0.0429. The molecule has 0 atom stereocenters. The van der Waals surface area contributed by atoms with Gasteiger partial charge in [-0.05, 0) is 85.8 Å². The number of fused-ring (bicyclic) bond motifs is 6. The van der Waals surface area contributed by atoms with Crippen molar-refractivity contribution < 1.29 is 9.59 Å². The second-order valence-corrected chi connectivity index (χ2v) is 7.32. The van der Waals surface area contributed by atoms with Crippen LogP contribution in [-0.4, -0.2) is 11.6 Å². The zero-order valence-corrected chi connectivity index (χ0v) is 13.8. The van der Waals surface area contributed by atoms with Crippen LogP contribution in [0.15, 0.2) is 24.3 Å². The summed E-state index contributed by atoms with van der Waals surface area (Å²) < 4.78 is 0. The van der Waals surface area contributed by atoms with Crippen molar-refractivity contribution in [3.8, 4) is 0 Å². The van der Waals surface area contributed by atoms with Crippen molar-refractivity contribution in [1.82, 2.24) is 0 Å². The maximum absolute atomic E-state index is 13.4. The summed E-state index contributed by atoms with van der Waals surface area (Å²) in [5.74, 6) is 0.151. The van der Waals surface area contributed by atoms with Crippen molar-refractivity contribution in [3.63, 3.8) is 0 Å². The number of benzene rings is 2. The molecule has 0 heterocycles. The first-order chi connectivity index (χ1) is 11.8. The molecule has 3 aliphatic rings. The van der Waals surface area contributed by atoms with Gasteiger partial charge in [0.2, 0.25) is 0 Å². The summed E-state index contributed by atoms with van der Waals surface area (Å²) in [6.07, 6.45) is 8.52. The van der Waals surface area contributed by atoms with Crippen LogP contribution in [0.25, 0.3) is 0 Å². The minimum Gasteiger partial charge on any atom is -0.289 e. The van der Waals surface area contributed by atoms with E-state index in [0.29, 0.717) is 11.1 Å². The number of hydrogen-bond acceptors (Lipinski definition) is 2. The second kappa shape index (κ2) is 5.14. The molecule has 0 amide bonds. The molecule has 0 spiro atoms. The van der Waals surface area contributed by atoms with Crippen LogP contribution in [0.3, 0.4) is 0 Å². The van der Waals surface area contributed by atoms with Gasteiger partial charge in [0, 0.05) is 22.3 Å². The Balaban J connectivity index is 1.79. The Morgan fingerprint density at radius 3 is 1.50 bits per heavy atom. The van der Waals surface area contributed by atoms with Gasteiger partial charge >= 0.3 is 0 Å². The minimum absolute atomic E-state index is 0.0429. The van der Waals surface area contributed by atoms with Gasteiger partial charge in [0.05, 0.1) is 0 Å². The molecular weight excluding hydrogens is 296 g/mol. The van der Waals surface area contributed by atoms with Gasteiger partial charge in [-0.2, -0.15) is 0 Å². The topological polar surface area (TPSA) is 34.1 Å². The predicted octanol–water partition coefficient (Wildman–Crippen LogP) is 4.22. The van der Waals surface area contributed by atoms with Crippen molar-refractivity contribution in [3.05, 3.63) is 68.8 Å². The van der Waals surface area contributed by atoms with Crippen molar-refractivity contribution >= 4 is 11.6 Å². The third-order valence-electron chi connectivity index (χ3n) is 6.01. The Morgan fingerprint density at radius 1 is 0.542 bits per heavy atom. The summed E-state index contributed by atoms with van der Waals surface area (Å²) in [7, 11) is 0. The average Bonchev–Trinajstić information content (AvgIpc) is 2.64. The Hall–Kier alpha value is -2.22. The molecule has 2 aromatic carbocycles. The fourth-order valence-electron chi connectivity index (χ4n) is 4.82. The molecule has 0 fully saturated rings. The highest BCUT2D eigenvalue weighted by Gasteiger charge is 2.35. The highest BCUT2D eigenvalue weighted by molar-refractivity contribution is 6.29. The maximum Gasteiger partial charge on any atom is 0.195 e. The average molecular weight is 316 g/mol. The van der Waals surface area contributed by atoms with E-state index in [1.54, 1.807) is 0 Å². The lowest BCUT2D eigenvalue weighted by atomic mass is 9.74. The number of hydrogen-bond donors (Lipinski definition) is 0. The van der Waals surface area contributed by atoms with Crippen LogP contribution in [0.4, 0.5) is 0 Å². The Kier molecular flexibility index (Phi) is 3.03. The number of aryl methyl sites for hydroxylation is 2. The third kappa shape index (κ3) is 1.83. The molecule has 24 heavy (non-hydrogen) atoms. The molecule has 2 aromatic rings. The van der Waals surface area contributed by atoms with Crippen LogP contribution >= 0.6 is 0 Å². The molecule has 0 aliphatic heterocycles. The summed E-state index contributed by atoms with van der Waals surface area (Å²) >= 11 is 0. The van der Waals surface area contributed by atoms with Crippen LogP contribution in [0.2, 0.25) is 0 Å². The van der Waals surface area contributed by atoms with Crippen LogP contribution < -0.4 is 0 Å². The zero-order chi connectivity index (χ0) is 16.3. The predicted molar refractivity (Wildman–Crippen MR) is 93.0 cm³/mol. The summed E-state index contributed by atoms with van der Waals surface area (Å²) in [4.78, 5) is 26.5. The fourth-order valence-corrected chi connectivity index (χ4v) is 4.82. The van der Waals surface area contributed by atoms with Crippen molar-refractivity contribution in [2.45, 2.75) is 51.4 Å². The van der Waals surface area contributed by atoms with E-state index in [2.05, 4.69) is 12.1 Å². The van der Waals surface area contributed by atoms with Crippen molar-refractivity contribution in [1.29, 1.82) is 0 Å². The fraction of sp³-hybridized carbons (Fsp3) is 0.364. The molecule has 0 saturated carbocycles. The highest BCUT2D eigenvalue weighted by Crippen LogP contribution is 2.38. The van der Waals surface area contributed by atoms with Gasteiger partial charge in [-0.1, -0.05) is 12.1 Å². The smallest absolute Gasteiger partial charge is 0.195 e. The van der Waals surface area contributed by atoms with Gasteiger partial charge in [0.1, 0.15) is 0 Å². The molecule has 0 saturated heterocycles. The van der Waals surface area contributed by atoms with E-state index in [-0.39, 0.29) is 11.6 Å². The lowest BCUT2D eigenvalue weighted by molar-refractivity contribution is 0.0977. The number of rotatable bonds is 0. The third-order valence-corrected chi connectivity index (χ3v) is 6.01. The first-order valence-electron chi connectivity index (χ1n) is 9.14. The second-order valence-electron chi connectivity index (χ2n) is 7.32.